The molecule has 0 radical (unpaired) electrons. The van der Waals surface area contributed by atoms with Gasteiger partial charge in [0.2, 0.25) is 0 Å². The maximum absolute atomic E-state index is 12.5. The van der Waals surface area contributed by atoms with Crippen LogP contribution < -0.4 is 10.5 Å². The number of carbonyl (C=O) groups excluding carboxylic acids is 1. The number of fused-ring (bicyclic) bond motifs is 1. The van der Waals surface area contributed by atoms with Crippen LogP contribution in [0.2, 0.25) is 0 Å². The second kappa shape index (κ2) is 8.23. The van der Waals surface area contributed by atoms with Gasteiger partial charge in [-0.15, -0.1) is 11.3 Å². The van der Waals surface area contributed by atoms with Crippen molar-refractivity contribution in [3.8, 4) is 0 Å². The Balaban J connectivity index is 1.36. The minimum atomic E-state index is -0.392. The van der Waals surface area contributed by atoms with E-state index in [1.807, 2.05) is 17.2 Å². The van der Waals surface area contributed by atoms with E-state index < -0.39 is 4.92 Å². The first-order valence-electron chi connectivity index (χ1n) is 9.56. The van der Waals surface area contributed by atoms with Crippen LogP contribution >= 0.6 is 11.3 Å². The smallest absolute Gasteiger partial charge is 0.309 e. The lowest BCUT2D eigenvalue weighted by atomic mass is 9.96. The molecule has 4 rings (SSSR count). The molecule has 0 N–H and O–H groups in total. The number of esters is 1. The highest BCUT2D eigenvalue weighted by atomic mass is 32.1. The molecule has 0 amide bonds. The number of nitro groups is 1. The van der Waals surface area contributed by atoms with Crippen molar-refractivity contribution in [2.75, 3.05) is 18.0 Å². The van der Waals surface area contributed by atoms with Crippen molar-refractivity contribution < 1.29 is 14.5 Å². The first kappa shape index (κ1) is 20.0. The predicted octanol–water partition coefficient (Wildman–Crippen LogP) is 2.93. The van der Waals surface area contributed by atoms with Crippen LogP contribution in [-0.2, 0) is 16.1 Å². The zero-order chi connectivity index (χ0) is 21.3. The lowest BCUT2D eigenvalue weighted by Gasteiger charge is -2.32. The largest absolute Gasteiger partial charge is 0.459 e. The minimum Gasteiger partial charge on any atom is -0.459 e. The average Bonchev–Trinajstić information content (AvgIpc) is 3.13. The van der Waals surface area contributed by atoms with E-state index in [1.165, 1.54) is 27.9 Å². The average molecular weight is 428 g/mol. The Morgan fingerprint density at radius 2 is 2.07 bits per heavy atom. The lowest BCUT2D eigenvalue weighted by molar-refractivity contribution is -0.384. The van der Waals surface area contributed by atoms with E-state index in [9.17, 15) is 19.7 Å². The van der Waals surface area contributed by atoms with Crippen LogP contribution in [-0.4, -0.2) is 33.4 Å². The SMILES string of the molecule is Cc1csc2nc(COC(=O)C3CCN(c4ccccc4[N+](=O)[O-])CC3)cc(=O)n12. The summed E-state index contributed by atoms with van der Waals surface area (Å²) in [7, 11) is 0. The van der Waals surface area contributed by atoms with Gasteiger partial charge in [0, 0.05) is 36.3 Å². The van der Waals surface area contributed by atoms with Gasteiger partial charge < -0.3 is 9.64 Å². The lowest BCUT2D eigenvalue weighted by Crippen LogP contribution is -2.37. The summed E-state index contributed by atoms with van der Waals surface area (Å²) in [5, 5.41) is 13.1. The van der Waals surface area contributed by atoms with Crippen molar-refractivity contribution in [1.82, 2.24) is 9.38 Å². The van der Waals surface area contributed by atoms with Gasteiger partial charge in [-0.2, -0.15) is 0 Å². The maximum atomic E-state index is 12.5. The summed E-state index contributed by atoms with van der Waals surface area (Å²) in [4.78, 5) is 42.4. The van der Waals surface area contributed by atoms with Crippen LogP contribution in [0.3, 0.4) is 0 Å². The molecule has 156 valence electrons. The van der Waals surface area contributed by atoms with Crippen LogP contribution in [0.5, 0.6) is 0 Å². The molecule has 1 aliphatic heterocycles. The van der Waals surface area contributed by atoms with Gasteiger partial charge in [0.25, 0.3) is 11.2 Å². The highest BCUT2D eigenvalue weighted by Gasteiger charge is 2.29. The Hall–Kier alpha value is -3.27. The third kappa shape index (κ3) is 3.90. The molecule has 9 nitrogen and oxygen atoms in total. The molecule has 0 spiro atoms. The van der Waals surface area contributed by atoms with Crippen LogP contribution in [0.15, 0.2) is 40.5 Å². The van der Waals surface area contributed by atoms with E-state index in [0.29, 0.717) is 42.3 Å². The van der Waals surface area contributed by atoms with Gasteiger partial charge in [-0.25, -0.2) is 4.98 Å². The normalized spacial score (nSPS) is 14.8. The van der Waals surface area contributed by atoms with Gasteiger partial charge in [-0.3, -0.25) is 24.1 Å². The van der Waals surface area contributed by atoms with Crippen LogP contribution in [0.4, 0.5) is 11.4 Å². The Labute approximate surface area is 175 Å². The number of carbonyl (C=O) groups is 1. The first-order chi connectivity index (χ1) is 14.4. The molecule has 0 bridgehead atoms. The topological polar surface area (TPSA) is 107 Å². The fourth-order valence-corrected chi connectivity index (χ4v) is 4.57. The minimum absolute atomic E-state index is 0.0497. The first-order valence-corrected chi connectivity index (χ1v) is 10.4. The number of para-hydroxylation sites is 2. The van der Waals surface area contributed by atoms with Crippen LogP contribution in [0, 0.1) is 23.0 Å². The summed E-state index contributed by atoms with van der Waals surface area (Å²) >= 11 is 1.36. The number of piperidine rings is 1. The Morgan fingerprint density at radius 3 is 2.80 bits per heavy atom. The van der Waals surface area contributed by atoms with E-state index in [0.717, 1.165) is 5.69 Å². The van der Waals surface area contributed by atoms with E-state index in [2.05, 4.69) is 4.98 Å². The molecule has 0 atom stereocenters. The molecule has 3 heterocycles. The van der Waals surface area contributed by atoms with Gasteiger partial charge in [0.15, 0.2) is 4.96 Å². The summed E-state index contributed by atoms with van der Waals surface area (Å²) in [6.07, 6.45) is 1.09. The van der Waals surface area contributed by atoms with Crippen molar-refractivity contribution in [3.63, 3.8) is 0 Å². The second-order valence-corrected chi connectivity index (χ2v) is 8.03. The van der Waals surface area contributed by atoms with Crippen molar-refractivity contribution in [3.05, 3.63) is 67.6 Å². The zero-order valence-electron chi connectivity index (χ0n) is 16.3. The fourth-order valence-electron chi connectivity index (χ4n) is 3.68. The standard InChI is InChI=1S/C20H20N4O5S/c1-13-12-30-20-21-15(10-18(25)23(13)20)11-29-19(26)14-6-8-22(9-7-14)16-4-2-3-5-17(16)24(27)28/h2-5,10,12,14H,6-9,11H2,1H3. The predicted molar refractivity (Wildman–Crippen MR) is 112 cm³/mol. The van der Waals surface area contributed by atoms with Gasteiger partial charge in [0.05, 0.1) is 16.5 Å². The van der Waals surface area contributed by atoms with E-state index in [-0.39, 0.29) is 29.7 Å². The van der Waals surface area contributed by atoms with Gasteiger partial charge >= 0.3 is 5.97 Å². The molecular weight excluding hydrogens is 408 g/mol. The van der Waals surface area contributed by atoms with Gasteiger partial charge in [-0.1, -0.05) is 12.1 Å². The molecule has 10 heteroatoms. The summed E-state index contributed by atoms with van der Waals surface area (Å²) in [6, 6.07) is 8.00. The number of hydrogen-bond donors (Lipinski definition) is 0. The number of hydrogen-bond acceptors (Lipinski definition) is 8. The number of nitrogens with zero attached hydrogens (tertiary/aromatic N) is 4. The molecule has 1 aliphatic rings. The third-order valence-electron chi connectivity index (χ3n) is 5.24. The zero-order valence-corrected chi connectivity index (χ0v) is 17.1. The van der Waals surface area contributed by atoms with Crippen molar-refractivity contribution in [2.24, 2.45) is 5.92 Å². The molecule has 30 heavy (non-hydrogen) atoms. The van der Waals surface area contributed by atoms with Crippen molar-refractivity contribution >= 4 is 33.6 Å². The highest BCUT2D eigenvalue weighted by Crippen LogP contribution is 2.31. The van der Waals surface area contributed by atoms with Crippen molar-refractivity contribution in [2.45, 2.75) is 26.4 Å². The number of thiazole rings is 1. The fraction of sp³-hybridized carbons (Fsp3) is 0.350. The monoisotopic (exact) mass is 428 g/mol. The number of rotatable bonds is 5. The Kier molecular flexibility index (Phi) is 5.49. The Morgan fingerprint density at radius 1 is 1.33 bits per heavy atom. The number of benzene rings is 1. The Bertz CT molecular complexity index is 1160. The van der Waals surface area contributed by atoms with E-state index in [1.54, 1.807) is 18.2 Å². The second-order valence-electron chi connectivity index (χ2n) is 7.20. The van der Waals surface area contributed by atoms with E-state index in [4.69, 9.17) is 4.74 Å². The number of aryl methyl sites for hydroxylation is 1. The molecule has 1 aromatic carbocycles. The third-order valence-corrected chi connectivity index (χ3v) is 6.18. The van der Waals surface area contributed by atoms with Gasteiger partial charge in [-0.05, 0) is 25.8 Å². The highest BCUT2D eigenvalue weighted by molar-refractivity contribution is 7.15. The number of nitro benzene ring substituents is 1. The summed E-state index contributed by atoms with van der Waals surface area (Å²) in [5.74, 6) is -0.612. The summed E-state index contributed by atoms with van der Waals surface area (Å²) < 4.78 is 6.93. The maximum Gasteiger partial charge on any atom is 0.309 e. The molecular formula is C20H20N4O5S. The van der Waals surface area contributed by atoms with Crippen molar-refractivity contribution in [1.29, 1.82) is 0 Å². The number of anilines is 1. The quantitative estimate of drug-likeness (QED) is 0.349. The van der Waals surface area contributed by atoms with Crippen LogP contribution in [0.25, 0.3) is 4.96 Å². The molecule has 2 aromatic heterocycles. The number of aromatic nitrogens is 2. The summed E-state index contributed by atoms with van der Waals surface area (Å²) in [5.41, 5.74) is 1.69. The number of ether oxygens (including phenoxy) is 1. The molecule has 0 aliphatic carbocycles. The molecule has 0 unspecified atom stereocenters. The molecule has 1 fully saturated rings. The van der Waals surface area contributed by atoms with Crippen LogP contribution in [0.1, 0.15) is 24.2 Å². The van der Waals surface area contributed by atoms with E-state index >= 15 is 0 Å². The summed E-state index contributed by atoms with van der Waals surface area (Å²) in [6.45, 7) is 2.85. The molecule has 3 aromatic rings. The van der Waals surface area contributed by atoms with Gasteiger partial charge in [0.1, 0.15) is 12.3 Å². The molecule has 1 saturated heterocycles. The molecule has 0 saturated carbocycles.